The fourth-order valence-electron chi connectivity index (χ4n) is 2.04. The van der Waals surface area contributed by atoms with Crippen LogP contribution >= 0.6 is 0 Å². The van der Waals surface area contributed by atoms with Gasteiger partial charge in [-0.2, -0.15) is 0 Å². The normalized spacial score (nSPS) is 11.1. The average Bonchev–Trinajstić information content (AvgIpc) is 2.26. The van der Waals surface area contributed by atoms with Gasteiger partial charge in [-0.25, -0.2) is 0 Å². The standard InChI is InChI=1S/C13H18O5/c1-13(2,7-10(15)16)11-8(14)5-6-9(17-3)12(11)18-4/h5-6,14H,7H2,1-4H3,(H,15,16). The quantitative estimate of drug-likeness (QED) is 0.842. The van der Waals surface area contributed by atoms with Crippen molar-refractivity contribution in [2.45, 2.75) is 25.7 Å². The zero-order valence-corrected chi connectivity index (χ0v) is 11.0. The topological polar surface area (TPSA) is 76.0 Å². The number of carbonyl (C=O) groups is 1. The minimum atomic E-state index is -0.940. The van der Waals surface area contributed by atoms with Gasteiger partial charge in [-0.05, 0) is 12.1 Å². The van der Waals surface area contributed by atoms with Crippen molar-refractivity contribution in [3.8, 4) is 17.2 Å². The molecule has 0 unspecified atom stereocenters. The summed E-state index contributed by atoms with van der Waals surface area (Å²) in [7, 11) is 2.94. The third-order valence-corrected chi connectivity index (χ3v) is 2.79. The van der Waals surface area contributed by atoms with E-state index in [2.05, 4.69) is 0 Å². The van der Waals surface area contributed by atoms with E-state index < -0.39 is 11.4 Å². The molecule has 0 aliphatic heterocycles. The number of methoxy groups -OCH3 is 2. The van der Waals surface area contributed by atoms with Gasteiger partial charge in [-0.3, -0.25) is 4.79 Å². The van der Waals surface area contributed by atoms with Crippen LogP contribution in [0.1, 0.15) is 25.8 Å². The first-order valence-corrected chi connectivity index (χ1v) is 5.49. The van der Waals surface area contributed by atoms with Gasteiger partial charge in [-0.15, -0.1) is 0 Å². The third-order valence-electron chi connectivity index (χ3n) is 2.79. The molecule has 0 heterocycles. The molecule has 1 aromatic rings. The van der Waals surface area contributed by atoms with Gasteiger partial charge in [0.15, 0.2) is 11.5 Å². The van der Waals surface area contributed by atoms with E-state index in [1.807, 2.05) is 0 Å². The molecule has 0 spiro atoms. The first-order chi connectivity index (χ1) is 8.33. The van der Waals surface area contributed by atoms with Crippen LogP contribution in [0.3, 0.4) is 0 Å². The molecule has 0 fully saturated rings. The van der Waals surface area contributed by atoms with Gasteiger partial charge in [0, 0.05) is 11.0 Å². The Morgan fingerprint density at radius 3 is 2.33 bits per heavy atom. The van der Waals surface area contributed by atoms with Crippen LogP contribution in [0.2, 0.25) is 0 Å². The Balaban J connectivity index is 3.41. The first kappa shape index (κ1) is 14.2. The van der Waals surface area contributed by atoms with Crippen molar-refractivity contribution in [3.63, 3.8) is 0 Å². The van der Waals surface area contributed by atoms with Crippen LogP contribution < -0.4 is 9.47 Å². The Bertz CT molecular complexity index is 451. The van der Waals surface area contributed by atoms with Gasteiger partial charge in [0.2, 0.25) is 0 Å². The predicted molar refractivity (Wildman–Crippen MR) is 66.5 cm³/mol. The highest BCUT2D eigenvalue weighted by Gasteiger charge is 2.32. The number of carboxylic acid groups (broad SMARTS) is 1. The number of aliphatic carboxylic acids is 1. The van der Waals surface area contributed by atoms with E-state index in [0.29, 0.717) is 17.1 Å². The molecular weight excluding hydrogens is 236 g/mol. The van der Waals surface area contributed by atoms with Gasteiger partial charge >= 0.3 is 5.97 Å². The molecule has 5 nitrogen and oxygen atoms in total. The zero-order chi connectivity index (χ0) is 13.9. The summed E-state index contributed by atoms with van der Waals surface area (Å²) in [5, 5.41) is 18.9. The minimum absolute atomic E-state index is 0.00102. The summed E-state index contributed by atoms with van der Waals surface area (Å²) in [4.78, 5) is 10.9. The van der Waals surface area contributed by atoms with Crippen molar-refractivity contribution in [1.29, 1.82) is 0 Å². The van der Waals surface area contributed by atoms with Gasteiger partial charge in [-0.1, -0.05) is 13.8 Å². The van der Waals surface area contributed by atoms with Gasteiger partial charge in [0.05, 0.1) is 20.6 Å². The maximum Gasteiger partial charge on any atom is 0.304 e. The number of phenolic OH excluding ortho intramolecular Hbond substituents is 1. The van der Waals surface area contributed by atoms with E-state index in [1.165, 1.54) is 20.3 Å². The fraction of sp³-hybridized carbons (Fsp3) is 0.462. The van der Waals surface area contributed by atoms with E-state index in [1.54, 1.807) is 19.9 Å². The Kier molecular flexibility index (Phi) is 4.06. The van der Waals surface area contributed by atoms with Crippen molar-refractivity contribution < 1.29 is 24.5 Å². The van der Waals surface area contributed by atoms with Crippen LogP contribution in [0.25, 0.3) is 0 Å². The number of benzene rings is 1. The number of carboxylic acids is 1. The molecule has 0 aliphatic carbocycles. The number of ether oxygens (including phenoxy) is 2. The van der Waals surface area contributed by atoms with Crippen molar-refractivity contribution in [1.82, 2.24) is 0 Å². The van der Waals surface area contributed by atoms with E-state index in [-0.39, 0.29) is 12.2 Å². The van der Waals surface area contributed by atoms with Gasteiger partial charge in [0.1, 0.15) is 5.75 Å². The van der Waals surface area contributed by atoms with E-state index in [9.17, 15) is 9.90 Å². The number of aromatic hydroxyl groups is 1. The third kappa shape index (κ3) is 2.67. The molecule has 18 heavy (non-hydrogen) atoms. The Morgan fingerprint density at radius 1 is 1.28 bits per heavy atom. The molecule has 0 aromatic heterocycles. The maximum absolute atomic E-state index is 10.9. The molecular formula is C13H18O5. The van der Waals surface area contributed by atoms with Crippen LogP contribution in [0.4, 0.5) is 0 Å². The largest absolute Gasteiger partial charge is 0.508 e. The lowest BCUT2D eigenvalue weighted by Crippen LogP contribution is -2.22. The van der Waals surface area contributed by atoms with E-state index >= 15 is 0 Å². The molecule has 0 amide bonds. The summed E-state index contributed by atoms with van der Waals surface area (Å²) in [5.74, 6) is -0.115. The summed E-state index contributed by atoms with van der Waals surface area (Å²) in [5.41, 5.74) is -0.331. The van der Waals surface area contributed by atoms with Crippen molar-refractivity contribution in [2.75, 3.05) is 14.2 Å². The second-order valence-electron chi connectivity index (χ2n) is 4.65. The minimum Gasteiger partial charge on any atom is -0.508 e. The first-order valence-electron chi connectivity index (χ1n) is 5.49. The van der Waals surface area contributed by atoms with Crippen LogP contribution in [-0.2, 0) is 10.2 Å². The highest BCUT2D eigenvalue weighted by atomic mass is 16.5. The van der Waals surface area contributed by atoms with Crippen LogP contribution in [0.5, 0.6) is 17.2 Å². The zero-order valence-electron chi connectivity index (χ0n) is 11.0. The fourth-order valence-corrected chi connectivity index (χ4v) is 2.04. The molecule has 0 aliphatic rings. The predicted octanol–water partition coefficient (Wildman–Crippen LogP) is 2.16. The molecule has 0 saturated heterocycles. The van der Waals surface area contributed by atoms with Gasteiger partial charge < -0.3 is 19.7 Å². The summed E-state index contributed by atoms with van der Waals surface area (Å²) >= 11 is 0. The second-order valence-corrected chi connectivity index (χ2v) is 4.65. The lowest BCUT2D eigenvalue weighted by molar-refractivity contribution is -0.138. The number of hydrogen-bond acceptors (Lipinski definition) is 4. The molecule has 0 bridgehead atoms. The SMILES string of the molecule is COc1ccc(O)c(C(C)(C)CC(=O)O)c1OC. The molecule has 0 atom stereocenters. The Morgan fingerprint density at radius 2 is 1.89 bits per heavy atom. The van der Waals surface area contributed by atoms with Crippen LogP contribution in [0, 0.1) is 0 Å². The molecule has 0 radical (unpaired) electrons. The lowest BCUT2D eigenvalue weighted by Gasteiger charge is -2.27. The van der Waals surface area contributed by atoms with Crippen LogP contribution in [-0.4, -0.2) is 30.4 Å². The van der Waals surface area contributed by atoms with Crippen LogP contribution in [0.15, 0.2) is 12.1 Å². The maximum atomic E-state index is 10.9. The molecule has 1 aromatic carbocycles. The molecule has 1 rings (SSSR count). The number of rotatable bonds is 5. The summed E-state index contributed by atoms with van der Waals surface area (Å²) < 4.78 is 10.4. The highest BCUT2D eigenvalue weighted by molar-refractivity contribution is 5.70. The molecule has 100 valence electrons. The Labute approximate surface area is 106 Å². The highest BCUT2D eigenvalue weighted by Crippen LogP contribution is 2.45. The van der Waals surface area contributed by atoms with Gasteiger partial charge in [0.25, 0.3) is 0 Å². The monoisotopic (exact) mass is 254 g/mol. The number of hydrogen-bond donors (Lipinski definition) is 2. The molecule has 0 saturated carbocycles. The van der Waals surface area contributed by atoms with Crippen molar-refractivity contribution >= 4 is 5.97 Å². The summed E-state index contributed by atoms with van der Waals surface area (Å²) in [6.45, 7) is 3.47. The molecule has 5 heteroatoms. The lowest BCUT2D eigenvalue weighted by atomic mass is 9.80. The molecule has 2 N–H and O–H groups in total. The second kappa shape index (κ2) is 5.16. The summed E-state index contributed by atoms with van der Waals surface area (Å²) in [6, 6.07) is 3.05. The summed E-state index contributed by atoms with van der Waals surface area (Å²) in [6.07, 6.45) is -0.121. The van der Waals surface area contributed by atoms with Crippen molar-refractivity contribution in [2.24, 2.45) is 0 Å². The number of phenols is 1. The Hall–Kier alpha value is -1.91. The average molecular weight is 254 g/mol. The smallest absolute Gasteiger partial charge is 0.304 e. The van der Waals surface area contributed by atoms with E-state index in [0.717, 1.165) is 0 Å². The van der Waals surface area contributed by atoms with E-state index in [4.69, 9.17) is 14.6 Å². The van der Waals surface area contributed by atoms with Crippen molar-refractivity contribution in [3.05, 3.63) is 17.7 Å².